The molecule has 0 unspecified atom stereocenters. The van der Waals surface area contributed by atoms with E-state index in [1.807, 2.05) is 26.8 Å². The molecule has 0 bridgehead atoms. The Morgan fingerprint density at radius 2 is 1.61 bits per heavy atom. The quantitative estimate of drug-likeness (QED) is 0.371. The van der Waals surface area contributed by atoms with E-state index in [0.29, 0.717) is 37.1 Å². The highest BCUT2D eigenvalue weighted by Gasteiger charge is 2.24. The van der Waals surface area contributed by atoms with Crippen LogP contribution >= 0.6 is 0 Å². The van der Waals surface area contributed by atoms with Gasteiger partial charge >= 0.3 is 5.97 Å². The van der Waals surface area contributed by atoms with Crippen molar-refractivity contribution in [2.45, 2.75) is 40.5 Å². The maximum absolute atomic E-state index is 11.7. The van der Waals surface area contributed by atoms with Crippen LogP contribution in [0.15, 0.2) is 18.7 Å². The molecule has 0 atom stereocenters. The monoisotopic (exact) mass is 322 g/mol. The molecule has 0 heterocycles. The van der Waals surface area contributed by atoms with Gasteiger partial charge in [0.1, 0.15) is 0 Å². The van der Waals surface area contributed by atoms with Crippen molar-refractivity contribution < 1.29 is 23.7 Å². The van der Waals surface area contributed by atoms with Gasteiger partial charge in [0.05, 0.1) is 19.8 Å². The number of rotatable bonds is 10. The number of ether oxygens (including phenoxy) is 4. The fourth-order valence-corrected chi connectivity index (χ4v) is 2.18. The van der Waals surface area contributed by atoms with Crippen LogP contribution < -0.4 is 18.9 Å². The summed E-state index contributed by atoms with van der Waals surface area (Å²) >= 11 is 0. The molecule has 1 rings (SSSR count). The van der Waals surface area contributed by atoms with E-state index in [9.17, 15) is 4.79 Å². The Morgan fingerprint density at radius 1 is 1.00 bits per heavy atom. The van der Waals surface area contributed by atoms with E-state index in [1.54, 1.807) is 0 Å². The average molecular weight is 322 g/mol. The van der Waals surface area contributed by atoms with E-state index in [2.05, 4.69) is 13.5 Å². The SMILES string of the molecule is C=CC(=O)Oc1c(OCC)cc(CCC)c(OCC)c1OCC. The van der Waals surface area contributed by atoms with E-state index in [-0.39, 0.29) is 5.75 Å². The molecule has 0 fully saturated rings. The first kappa shape index (κ1) is 18.9. The molecule has 0 amide bonds. The van der Waals surface area contributed by atoms with Crippen molar-refractivity contribution in [3.05, 3.63) is 24.3 Å². The van der Waals surface area contributed by atoms with E-state index in [0.717, 1.165) is 24.5 Å². The Kier molecular flexibility index (Phi) is 8.02. The van der Waals surface area contributed by atoms with Gasteiger partial charge in [0, 0.05) is 11.6 Å². The highest BCUT2D eigenvalue weighted by Crippen LogP contribution is 2.47. The minimum absolute atomic E-state index is 0.238. The number of hydrogen-bond acceptors (Lipinski definition) is 5. The number of hydrogen-bond donors (Lipinski definition) is 0. The molecule has 0 saturated carbocycles. The van der Waals surface area contributed by atoms with Crippen molar-refractivity contribution in [3.63, 3.8) is 0 Å². The zero-order chi connectivity index (χ0) is 17.2. The first-order valence-electron chi connectivity index (χ1n) is 8.05. The largest absolute Gasteiger partial charge is 0.490 e. The zero-order valence-corrected chi connectivity index (χ0v) is 14.4. The average Bonchev–Trinajstić information content (AvgIpc) is 2.54. The Balaban J connectivity index is 3.54. The molecule has 0 aromatic heterocycles. The second-order valence-electron chi connectivity index (χ2n) is 4.70. The van der Waals surface area contributed by atoms with Gasteiger partial charge in [0.2, 0.25) is 11.5 Å². The minimum atomic E-state index is -0.572. The lowest BCUT2D eigenvalue weighted by molar-refractivity contribution is -0.129. The van der Waals surface area contributed by atoms with Gasteiger partial charge in [-0.1, -0.05) is 19.9 Å². The molecular formula is C18H26O5. The van der Waals surface area contributed by atoms with Gasteiger partial charge in [-0.05, 0) is 33.3 Å². The maximum Gasteiger partial charge on any atom is 0.335 e. The molecule has 0 aliphatic rings. The van der Waals surface area contributed by atoms with Crippen LogP contribution in [0.25, 0.3) is 0 Å². The molecule has 1 aromatic carbocycles. The molecule has 5 nitrogen and oxygen atoms in total. The summed E-state index contributed by atoms with van der Waals surface area (Å²) < 4.78 is 22.5. The molecule has 0 aliphatic carbocycles. The van der Waals surface area contributed by atoms with Crippen LogP contribution in [0.3, 0.4) is 0 Å². The van der Waals surface area contributed by atoms with Crippen molar-refractivity contribution in [2.24, 2.45) is 0 Å². The van der Waals surface area contributed by atoms with Crippen molar-refractivity contribution in [2.75, 3.05) is 19.8 Å². The molecule has 128 valence electrons. The molecule has 0 spiro atoms. The normalized spacial score (nSPS) is 10.1. The van der Waals surface area contributed by atoms with Gasteiger partial charge in [-0.2, -0.15) is 0 Å². The molecule has 5 heteroatoms. The predicted octanol–water partition coefficient (Wildman–Crippen LogP) is 3.93. The topological polar surface area (TPSA) is 54.0 Å². The lowest BCUT2D eigenvalue weighted by Gasteiger charge is -2.20. The van der Waals surface area contributed by atoms with Crippen LogP contribution in [0.4, 0.5) is 0 Å². The lowest BCUT2D eigenvalue weighted by atomic mass is 10.1. The van der Waals surface area contributed by atoms with Crippen LogP contribution in [0.5, 0.6) is 23.0 Å². The number of carbonyl (C=O) groups is 1. The van der Waals surface area contributed by atoms with Gasteiger partial charge in [0.25, 0.3) is 0 Å². The second-order valence-corrected chi connectivity index (χ2v) is 4.70. The minimum Gasteiger partial charge on any atom is -0.490 e. The summed E-state index contributed by atoms with van der Waals surface area (Å²) in [6.45, 7) is 12.5. The van der Waals surface area contributed by atoms with Crippen LogP contribution in [-0.2, 0) is 11.2 Å². The predicted molar refractivity (Wildman–Crippen MR) is 89.8 cm³/mol. The van der Waals surface area contributed by atoms with E-state index < -0.39 is 5.97 Å². The van der Waals surface area contributed by atoms with E-state index in [1.165, 1.54) is 0 Å². The summed E-state index contributed by atoms with van der Waals surface area (Å²) in [4.78, 5) is 11.7. The molecule has 0 radical (unpaired) electrons. The Bertz CT molecular complexity index is 537. The third-order valence-corrected chi connectivity index (χ3v) is 3.00. The zero-order valence-electron chi connectivity index (χ0n) is 14.4. The Hall–Kier alpha value is -2.17. The summed E-state index contributed by atoms with van der Waals surface area (Å²) in [5, 5.41) is 0. The van der Waals surface area contributed by atoms with Gasteiger partial charge < -0.3 is 18.9 Å². The van der Waals surface area contributed by atoms with Crippen molar-refractivity contribution in [1.82, 2.24) is 0 Å². The number of benzene rings is 1. The summed E-state index contributed by atoms with van der Waals surface area (Å²) in [7, 11) is 0. The molecule has 23 heavy (non-hydrogen) atoms. The summed E-state index contributed by atoms with van der Waals surface area (Å²) in [6, 6.07) is 1.85. The summed E-state index contributed by atoms with van der Waals surface area (Å²) in [6.07, 6.45) is 2.86. The van der Waals surface area contributed by atoms with Gasteiger partial charge in [-0.15, -0.1) is 0 Å². The first-order chi connectivity index (χ1) is 11.1. The van der Waals surface area contributed by atoms with E-state index in [4.69, 9.17) is 18.9 Å². The smallest absolute Gasteiger partial charge is 0.335 e. The highest BCUT2D eigenvalue weighted by molar-refractivity contribution is 5.85. The van der Waals surface area contributed by atoms with Gasteiger partial charge in [-0.3, -0.25) is 0 Å². The standard InChI is InChI=1S/C18H26O5/c1-6-11-13-12-14(20-8-3)17(23-15(19)7-2)18(22-10-5)16(13)21-9-4/h7,12H,2,6,8-11H2,1,3-5H3. The summed E-state index contributed by atoms with van der Waals surface area (Å²) in [5.41, 5.74) is 0.972. The lowest BCUT2D eigenvalue weighted by Crippen LogP contribution is -2.10. The maximum atomic E-state index is 11.7. The number of esters is 1. The first-order valence-corrected chi connectivity index (χ1v) is 8.05. The molecule has 1 aromatic rings. The fraction of sp³-hybridized carbons (Fsp3) is 0.500. The second kappa shape index (κ2) is 9.77. The fourth-order valence-electron chi connectivity index (χ4n) is 2.18. The van der Waals surface area contributed by atoms with Crippen molar-refractivity contribution >= 4 is 5.97 Å². The van der Waals surface area contributed by atoms with Crippen molar-refractivity contribution in [3.8, 4) is 23.0 Å². The molecule has 0 aliphatic heterocycles. The van der Waals surface area contributed by atoms with E-state index >= 15 is 0 Å². The van der Waals surface area contributed by atoms with Crippen LogP contribution in [0.2, 0.25) is 0 Å². The molecule has 0 saturated heterocycles. The Labute approximate surface area is 138 Å². The van der Waals surface area contributed by atoms with Crippen molar-refractivity contribution in [1.29, 1.82) is 0 Å². The third-order valence-electron chi connectivity index (χ3n) is 3.00. The van der Waals surface area contributed by atoms with Gasteiger partial charge in [0.15, 0.2) is 11.5 Å². The van der Waals surface area contributed by atoms with Crippen LogP contribution in [0.1, 0.15) is 39.7 Å². The van der Waals surface area contributed by atoms with Crippen LogP contribution in [0, 0.1) is 0 Å². The summed E-state index contributed by atoms with van der Waals surface area (Å²) in [5.74, 6) is 1.14. The molecular weight excluding hydrogens is 296 g/mol. The van der Waals surface area contributed by atoms with Crippen LogP contribution in [-0.4, -0.2) is 25.8 Å². The number of carbonyl (C=O) groups excluding carboxylic acids is 1. The highest BCUT2D eigenvalue weighted by atomic mass is 16.6. The number of aryl methyl sites for hydroxylation is 1. The Morgan fingerprint density at radius 3 is 2.13 bits per heavy atom. The molecule has 0 N–H and O–H groups in total. The third kappa shape index (κ3) is 4.91. The van der Waals surface area contributed by atoms with Gasteiger partial charge in [-0.25, -0.2) is 4.79 Å².